The zero-order chi connectivity index (χ0) is 15.4. The summed E-state index contributed by atoms with van der Waals surface area (Å²) in [5.74, 6) is 2.15. The molecule has 0 amide bonds. The Hall–Kier alpha value is -1.52. The van der Waals surface area contributed by atoms with Crippen LogP contribution in [0, 0.1) is 6.92 Å². The van der Waals surface area contributed by atoms with E-state index in [1.807, 2.05) is 13.0 Å². The average molecular weight is 325 g/mol. The largest absolute Gasteiger partial charge is 0.367 e. The Kier molecular flexibility index (Phi) is 5.26. The van der Waals surface area contributed by atoms with Crippen molar-refractivity contribution in [2.24, 2.45) is 0 Å². The monoisotopic (exact) mass is 324 g/mol. The van der Waals surface area contributed by atoms with Crippen LogP contribution in [0.3, 0.4) is 0 Å². The van der Waals surface area contributed by atoms with Gasteiger partial charge in [0.25, 0.3) is 0 Å². The third-order valence-electron chi connectivity index (χ3n) is 3.04. The lowest BCUT2D eigenvalue weighted by molar-refractivity contribution is 0.757. The number of nitrogens with one attached hydrogen (secondary N) is 2. The van der Waals surface area contributed by atoms with E-state index in [4.69, 9.17) is 23.2 Å². The van der Waals surface area contributed by atoms with E-state index in [0.29, 0.717) is 27.7 Å². The van der Waals surface area contributed by atoms with Gasteiger partial charge in [0, 0.05) is 17.1 Å². The Morgan fingerprint density at radius 1 is 1.14 bits per heavy atom. The number of hydrogen-bond donors (Lipinski definition) is 2. The molecule has 6 heteroatoms. The minimum atomic E-state index is 0.349. The van der Waals surface area contributed by atoms with Gasteiger partial charge in [0.15, 0.2) is 0 Å². The first-order chi connectivity index (χ1) is 9.97. The fourth-order valence-electron chi connectivity index (χ4n) is 1.79. The van der Waals surface area contributed by atoms with Crippen molar-refractivity contribution in [1.29, 1.82) is 0 Å². The van der Waals surface area contributed by atoms with Crippen molar-refractivity contribution in [3.05, 3.63) is 40.1 Å². The summed E-state index contributed by atoms with van der Waals surface area (Å²) < 4.78 is 0. The first kappa shape index (κ1) is 15.9. The van der Waals surface area contributed by atoms with Gasteiger partial charge in [0.1, 0.15) is 17.5 Å². The smallest absolute Gasteiger partial charge is 0.136 e. The molecular formula is C15H18Cl2N4. The summed E-state index contributed by atoms with van der Waals surface area (Å²) in [6, 6.07) is 7.47. The first-order valence-electron chi connectivity index (χ1n) is 6.82. The Morgan fingerprint density at radius 2 is 1.86 bits per heavy atom. The van der Waals surface area contributed by atoms with E-state index in [1.54, 1.807) is 18.2 Å². The van der Waals surface area contributed by atoms with Crippen LogP contribution in [0.2, 0.25) is 10.0 Å². The number of rotatable bonds is 5. The van der Waals surface area contributed by atoms with Gasteiger partial charge in [-0.1, -0.05) is 30.1 Å². The zero-order valence-corrected chi connectivity index (χ0v) is 13.8. The minimum absolute atomic E-state index is 0.349. The van der Waals surface area contributed by atoms with Crippen molar-refractivity contribution in [1.82, 2.24) is 9.97 Å². The highest BCUT2D eigenvalue weighted by atomic mass is 35.5. The number of hydrogen-bond acceptors (Lipinski definition) is 4. The van der Waals surface area contributed by atoms with Crippen LogP contribution < -0.4 is 10.6 Å². The molecule has 0 aliphatic heterocycles. The normalized spacial score (nSPS) is 12.0. The lowest BCUT2D eigenvalue weighted by atomic mass is 10.2. The maximum absolute atomic E-state index is 6.15. The summed E-state index contributed by atoms with van der Waals surface area (Å²) in [5, 5.41) is 7.72. The summed E-state index contributed by atoms with van der Waals surface area (Å²) in [7, 11) is 0. The van der Waals surface area contributed by atoms with Crippen molar-refractivity contribution in [3.63, 3.8) is 0 Å². The van der Waals surface area contributed by atoms with Gasteiger partial charge >= 0.3 is 0 Å². The highest BCUT2D eigenvalue weighted by molar-refractivity contribution is 6.35. The first-order valence-corrected chi connectivity index (χ1v) is 7.58. The topological polar surface area (TPSA) is 49.8 Å². The van der Waals surface area contributed by atoms with Crippen molar-refractivity contribution < 1.29 is 0 Å². The molecule has 2 N–H and O–H groups in total. The molecule has 0 aliphatic rings. The molecule has 0 saturated heterocycles. The van der Waals surface area contributed by atoms with Gasteiger partial charge in [-0.15, -0.1) is 0 Å². The summed E-state index contributed by atoms with van der Waals surface area (Å²) in [4.78, 5) is 8.75. The minimum Gasteiger partial charge on any atom is -0.367 e. The van der Waals surface area contributed by atoms with Crippen LogP contribution in [0.15, 0.2) is 24.3 Å². The predicted molar refractivity (Wildman–Crippen MR) is 89.9 cm³/mol. The van der Waals surface area contributed by atoms with Crippen LogP contribution in [-0.4, -0.2) is 16.0 Å². The SMILES string of the molecule is CCC(C)Nc1cc(Nc2cc(Cl)ccc2Cl)nc(C)n1. The van der Waals surface area contributed by atoms with Gasteiger partial charge in [-0.2, -0.15) is 0 Å². The lowest BCUT2D eigenvalue weighted by Crippen LogP contribution is -2.15. The molecule has 4 nitrogen and oxygen atoms in total. The molecule has 0 fully saturated rings. The Morgan fingerprint density at radius 3 is 2.57 bits per heavy atom. The van der Waals surface area contributed by atoms with Gasteiger partial charge < -0.3 is 10.6 Å². The fourth-order valence-corrected chi connectivity index (χ4v) is 2.13. The molecule has 1 atom stereocenters. The predicted octanol–water partition coefficient (Wildman–Crippen LogP) is 5.05. The second-order valence-corrected chi connectivity index (χ2v) is 5.73. The Balaban J connectivity index is 2.25. The zero-order valence-electron chi connectivity index (χ0n) is 12.2. The van der Waals surface area contributed by atoms with Crippen LogP contribution in [0.5, 0.6) is 0 Å². The summed E-state index contributed by atoms with van der Waals surface area (Å²) >= 11 is 12.1. The summed E-state index contributed by atoms with van der Waals surface area (Å²) in [6.07, 6.45) is 1.02. The molecule has 1 unspecified atom stereocenters. The molecular weight excluding hydrogens is 307 g/mol. The average Bonchev–Trinajstić information content (AvgIpc) is 2.42. The molecule has 0 saturated carbocycles. The van der Waals surface area contributed by atoms with Gasteiger partial charge in [-0.3, -0.25) is 0 Å². The van der Waals surface area contributed by atoms with Crippen LogP contribution in [0.25, 0.3) is 0 Å². The molecule has 0 bridgehead atoms. The van der Waals surface area contributed by atoms with Crippen molar-refractivity contribution in [3.8, 4) is 0 Å². The quantitative estimate of drug-likeness (QED) is 0.808. The van der Waals surface area contributed by atoms with Gasteiger partial charge in [0.2, 0.25) is 0 Å². The van der Waals surface area contributed by atoms with E-state index in [0.717, 1.165) is 17.9 Å². The maximum atomic E-state index is 6.15. The number of nitrogens with zero attached hydrogens (tertiary/aromatic N) is 2. The maximum Gasteiger partial charge on any atom is 0.136 e. The highest BCUT2D eigenvalue weighted by Gasteiger charge is 2.07. The molecule has 1 aromatic heterocycles. The third kappa shape index (κ3) is 4.48. The number of halogens is 2. The molecule has 21 heavy (non-hydrogen) atoms. The Bertz CT molecular complexity index is 631. The number of aryl methyl sites for hydroxylation is 1. The molecule has 0 aliphatic carbocycles. The summed E-state index contributed by atoms with van der Waals surface area (Å²) in [6.45, 7) is 6.08. The molecule has 0 radical (unpaired) electrons. The lowest BCUT2D eigenvalue weighted by Gasteiger charge is -2.14. The van der Waals surface area contributed by atoms with E-state index in [9.17, 15) is 0 Å². The molecule has 1 heterocycles. The van der Waals surface area contributed by atoms with E-state index in [-0.39, 0.29) is 0 Å². The van der Waals surface area contributed by atoms with Crippen molar-refractivity contribution >= 4 is 40.5 Å². The van der Waals surface area contributed by atoms with Crippen LogP contribution >= 0.6 is 23.2 Å². The van der Waals surface area contributed by atoms with Crippen LogP contribution in [-0.2, 0) is 0 Å². The standard InChI is InChI=1S/C15H18Cl2N4/c1-4-9(2)18-14-8-15(20-10(3)19-14)21-13-7-11(16)5-6-12(13)17/h5-9H,4H2,1-3H3,(H2,18,19,20,21). The number of benzene rings is 1. The highest BCUT2D eigenvalue weighted by Crippen LogP contribution is 2.28. The van der Waals surface area contributed by atoms with Gasteiger partial charge in [-0.25, -0.2) is 9.97 Å². The van der Waals surface area contributed by atoms with E-state index < -0.39 is 0 Å². The molecule has 1 aromatic carbocycles. The van der Waals surface area contributed by atoms with Gasteiger partial charge in [0.05, 0.1) is 10.7 Å². The molecule has 2 aromatic rings. The molecule has 2 rings (SSSR count). The van der Waals surface area contributed by atoms with E-state index in [2.05, 4.69) is 34.4 Å². The second kappa shape index (κ2) is 6.96. The fraction of sp³-hybridized carbons (Fsp3) is 0.333. The van der Waals surface area contributed by atoms with Crippen molar-refractivity contribution in [2.75, 3.05) is 10.6 Å². The third-order valence-corrected chi connectivity index (χ3v) is 3.60. The van der Waals surface area contributed by atoms with Crippen LogP contribution in [0.4, 0.5) is 17.3 Å². The molecule has 0 spiro atoms. The van der Waals surface area contributed by atoms with E-state index >= 15 is 0 Å². The van der Waals surface area contributed by atoms with Crippen molar-refractivity contribution in [2.45, 2.75) is 33.2 Å². The van der Waals surface area contributed by atoms with E-state index in [1.165, 1.54) is 0 Å². The molecule has 112 valence electrons. The van der Waals surface area contributed by atoms with Gasteiger partial charge in [-0.05, 0) is 38.5 Å². The number of aromatic nitrogens is 2. The Labute approximate surface area is 134 Å². The summed E-state index contributed by atoms with van der Waals surface area (Å²) in [5.41, 5.74) is 0.719. The van der Waals surface area contributed by atoms with Crippen LogP contribution in [0.1, 0.15) is 26.1 Å². The second-order valence-electron chi connectivity index (χ2n) is 4.89. The number of anilines is 3.